The molecule has 4 heterocycles. The number of fused-ring (bicyclic) bond motifs is 9. The van der Waals surface area contributed by atoms with Gasteiger partial charge in [-0.1, -0.05) is 25.3 Å². The number of hydrogen-bond acceptors (Lipinski definition) is 6. The van der Waals surface area contributed by atoms with Crippen LogP contribution in [0.4, 0.5) is 4.79 Å². The summed E-state index contributed by atoms with van der Waals surface area (Å²) in [6.45, 7) is 2.35. The third-order valence-corrected chi connectivity index (χ3v) is 13.1. The number of aromatic nitrogens is 1. The minimum Gasteiger partial charge on any atom is -0.497 e. The van der Waals surface area contributed by atoms with Crippen molar-refractivity contribution in [3.8, 4) is 17.0 Å². The third-order valence-electron chi connectivity index (χ3n) is 11.7. The molecule has 2 aromatic carbocycles. The SMILES string of the molecule is COc1ccc2c(c1)[C@@H]1C[C@]1(NC(=O)N1C3CCC1CN(C)C3)Cn1c-2c(C2CCCCC2)c2ccc(C(=O)NS(=O)(=O)N(C)C)cc21. The molecule has 0 spiro atoms. The van der Waals surface area contributed by atoms with Gasteiger partial charge in [-0.3, -0.25) is 4.79 Å². The minimum absolute atomic E-state index is 0.0175. The number of amides is 3. The normalized spacial score (nSPS) is 26.9. The summed E-state index contributed by atoms with van der Waals surface area (Å²) in [5.74, 6) is 0.601. The van der Waals surface area contributed by atoms with Crippen molar-refractivity contribution in [1.29, 1.82) is 0 Å². The van der Waals surface area contributed by atoms with Crippen molar-refractivity contribution in [1.82, 2.24) is 28.7 Å². The summed E-state index contributed by atoms with van der Waals surface area (Å²) < 4.78 is 36.4. The van der Waals surface area contributed by atoms with E-state index in [1.54, 1.807) is 13.2 Å². The first-order chi connectivity index (χ1) is 23.0. The zero-order valence-electron chi connectivity index (χ0n) is 28.3. The second kappa shape index (κ2) is 11.5. The number of methoxy groups -OCH3 is 1. The number of benzene rings is 2. The van der Waals surface area contributed by atoms with Crippen molar-refractivity contribution >= 4 is 33.1 Å². The molecule has 2 unspecified atom stereocenters. The van der Waals surface area contributed by atoms with E-state index < -0.39 is 21.7 Å². The zero-order valence-corrected chi connectivity index (χ0v) is 29.1. The molecule has 5 aliphatic rings. The first kappa shape index (κ1) is 31.6. The Bertz CT molecular complexity index is 1900. The molecule has 2 N–H and O–H groups in total. The molecule has 4 fully saturated rings. The largest absolute Gasteiger partial charge is 0.497 e. The van der Waals surface area contributed by atoms with E-state index in [1.807, 2.05) is 18.2 Å². The van der Waals surface area contributed by atoms with Gasteiger partial charge in [0.15, 0.2) is 0 Å². The Morgan fingerprint density at radius 1 is 0.979 bits per heavy atom. The van der Waals surface area contributed by atoms with Crippen molar-refractivity contribution < 1.29 is 22.7 Å². The molecule has 2 aliphatic carbocycles. The number of ether oxygens (including phenoxy) is 1. The Hall–Kier alpha value is -3.61. The highest BCUT2D eigenvalue weighted by Gasteiger charge is 2.60. The molecule has 256 valence electrons. The van der Waals surface area contributed by atoms with E-state index in [0.29, 0.717) is 12.5 Å². The van der Waals surface area contributed by atoms with Gasteiger partial charge in [-0.05, 0) is 86.5 Å². The lowest BCUT2D eigenvalue weighted by Crippen LogP contribution is -2.59. The Balaban J connectivity index is 1.27. The number of nitrogens with one attached hydrogen (secondary N) is 2. The van der Waals surface area contributed by atoms with Crippen molar-refractivity contribution in [3.05, 3.63) is 53.1 Å². The molecule has 4 atom stereocenters. The molecular formula is C36H46N6O5S. The lowest BCUT2D eigenvalue weighted by molar-refractivity contribution is 0.0978. The van der Waals surface area contributed by atoms with E-state index >= 15 is 0 Å². The number of likely N-dealkylation sites (tertiary alicyclic amines) is 1. The molecule has 12 heteroatoms. The highest BCUT2D eigenvalue weighted by molar-refractivity contribution is 7.87. The second-order valence-electron chi connectivity index (χ2n) is 14.9. The maximum atomic E-state index is 14.2. The first-order valence-electron chi connectivity index (χ1n) is 17.4. The fourth-order valence-corrected chi connectivity index (χ4v) is 9.82. The van der Waals surface area contributed by atoms with Crippen molar-refractivity contribution in [3.63, 3.8) is 0 Å². The van der Waals surface area contributed by atoms with Crippen LogP contribution in [0.25, 0.3) is 22.2 Å². The number of carbonyl (C=O) groups is 2. The Morgan fingerprint density at radius 3 is 2.40 bits per heavy atom. The van der Waals surface area contributed by atoms with Crippen LogP contribution in [0.1, 0.15) is 84.7 Å². The van der Waals surface area contributed by atoms with Crippen molar-refractivity contribution in [2.24, 2.45) is 0 Å². The van der Waals surface area contributed by atoms with Gasteiger partial charge in [0, 0.05) is 73.8 Å². The van der Waals surface area contributed by atoms with Crippen LogP contribution in [-0.4, -0.2) is 98.0 Å². The summed E-state index contributed by atoms with van der Waals surface area (Å²) in [6, 6.07) is 12.4. The van der Waals surface area contributed by atoms with Gasteiger partial charge < -0.3 is 24.4 Å². The molecule has 1 aromatic heterocycles. The number of rotatable bonds is 6. The number of nitrogens with zero attached hydrogens (tertiary/aromatic N) is 4. The molecule has 2 bridgehead atoms. The van der Waals surface area contributed by atoms with Crippen LogP contribution < -0.4 is 14.8 Å². The fourth-order valence-electron chi connectivity index (χ4n) is 9.29. The Morgan fingerprint density at radius 2 is 1.71 bits per heavy atom. The van der Waals surface area contributed by atoms with Crippen LogP contribution in [0.2, 0.25) is 0 Å². The molecule has 2 saturated carbocycles. The van der Waals surface area contributed by atoms with E-state index in [2.05, 4.69) is 43.6 Å². The molecule has 3 aliphatic heterocycles. The van der Waals surface area contributed by atoms with E-state index in [0.717, 1.165) is 77.4 Å². The highest BCUT2D eigenvalue weighted by atomic mass is 32.2. The molecule has 2 saturated heterocycles. The van der Waals surface area contributed by atoms with Crippen LogP contribution in [0.5, 0.6) is 5.75 Å². The maximum Gasteiger partial charge on any atom is 0.318 e. The predicted octanol–water partition coefficient (Wildman–Crippen LogP) is 4.63. The number of carbonyl (C=O) groups excluding carboxylic acids is 2. The van der Waals surface area contributed by atoms with Gasteiger partial charge in [0.05, 0.1) is 18.3 Å². The van der Waals surface area contributed by atoms with Gasteiger partial charge >= 0.3 is 16.2 Å². The summed E-state index contributed by atoms with van der Waals surface area (Å²) in [5, 5.41) is 4.68. The zero-order chi connectivity index (χ0) is 33.5. The molecular weight excluding hydrogens is 629 g/mol. The molecule has 11 nitrogen and oxygen atoms in total. The van der Waals surface area contributed by atoms with E-state index in [1.165, 1.54) is 44.5 Å². The number of likely N-dealkylation sites (N-methyl/N-ethyl adjacent to an activating group) is 1. The predicted molar refractivity (Wildman–Crippen MR) is 185 cm³/mol. The quantitative estimate of drug-likeness (QED) is 0.394. The van der Waals surface area contributed by atoms with E-state index in [-0.39, 0.29) is 29.6 Å². The highest BCUT2D eigenvalue weighted by Crippen LogP contribution is 2.60. The van der Waals surface area contributed by atoms with Gasteiger partial charge in [0.2, 0.25) is 0 Å². The van der Waals surface area contributed by atoms with Crippen molar-refractivity contribution in [2.45, 2.75) is 87.4 Å². The minimum atomic E-state index is -3.96. The standard InChI is InChI=1S/C36H46N6O5S/c1-39(2)48(45,46)38-34(43)23-10-14-28-31(16-23)41-21-36(37-35(44)42-24-11-12-25(42)20-40(3)19-24)18-30(36)29-17-26(47-4)13-15-27(29)33(41)32(28)22-8-6-5-7-9-22/h10,13-17,22,24-25,30H,5-9,11-12,18-21H2,1-4H3,(H,37,44)(H,38,43)/t24?,25?,30-,36-/m0/s1. The topological polar surface area (TPSA) is 116 Å². The van der Waals surface area contributed by atoms with Gasteiger partial charge in [-0.25, -0.2) is 9.52 Å². The lowest BCUT2D eigenvalue weighted by Gasteiger charge is -2.40. The van der Waals surface area contributed by atoms with Crippen LogP contribution in [-0.2, 0) is 16.8 Å². The lowest BCUT2D eigenvalue weighted by atomic mass is 9.81. The molecule has 8 rings (SSSR count). The van der Waals surface area contributed by atoms with Crippen LogP contribution in [0, 0.1) is 0 Å². The summed E-state index contributed by atoms with van der Waals surface area (Å²) in [4.78, 5) is 32.0. The number of hydrogen-bond donors (Lipinski definition) is 2. The van der Waals surface area contributed by atoms with E-state index in [4.69, 9.17) is 4.74 Å². The molecule has 3 amide bonds. The van der Waals surface area contributed by atoms with Crippen LogP contribution in [0.15, 0.2) is 36.4 Å². The first-order valence-corrected chi connectivity index (χ1v) is 18.8. The number of piperazine rings is 1. The smallest absolute Gasteiger partial charge is 0.318 e. The van der Waals surface area contributed by atoms with Gasteiger partial charge in [0.25, 0.3) is 5.91 Å². The van der Waals surface area contributed by atoms with Crippen LogP contribution in [0.3, 0.4) is 0 Å². The third kappa shape index (κ3) is 5.09. The summed E-state index contributed by atoms with van der Waals surface area (Å²) >= 11 is 0. The summed E-state index contributed by atoms with van der Waals surface area (Å²) in [5.41, 5.74) is 5.44. The van der Waals surface area contributed by atoms with Crippen molar-refractivity contribution in [2.75, 3.05) is 41.3 Å². The van der Waals surface area contributed by atoms with Crippen LogP contribution >= 0.6 is 0 Å². The molecule has 48 heavy (non-hydrogen) atoms. The van der Waals surface area contributed by atoms with E-state index in [9.17, 15) is 18.0 Å². The van der Waals surface area contributed by atoms with Gasteiger partial charge in [-0.15, -0.1) is 0 Å². The summed E-state index contributed by atoms with van der Waals surface area (Å²) in [7, 11) is 2.65. The molecule has 0 radical (unpaired) electrons. The Labute approximate surface area is 282 Å². The van der Waals surface area contributed by atoms with Gasteiger partial charge in [-0.2, -0.15) is 12.7 Å². The summed E-state index contributed by atoms with van der Waals surface area (Å²) in [6.07, 6.45) is 8.64. The average molecular weight is 675 g/mol. The molecule has 3 aromatic rings. The number of urea groups is 1. The monoisotopic (exact) mass is 674 g/mol. The maximum absolute atomic E-state index is 14.2. The second-order valence-corrected chi connectivity index (χ2v) is 16.8. The van der Waals surface area contributed by atoms with Gasteiger partial charge in [0.1, 0.15) is 5.75 Å². The Kier molecular flexibility index (Phi) is 7.57. The average Bonchev–Trinajstić information content (AvgIpc) is 3.59. The fraction of sp³-hybridized carbons (Fsp3) is 0.556.